The largest absolute Gasteiger partial charge is 0.511 e. The zero-order valence-electron chi connectivity index (χ0n) is 18.9. The Morgan fingerprint density at radius 3 is 2.73 bits per heavy atom. The van der Waals surface area contributed by atoms with Gasteiger partial charge in [0.25, 0.3) is 15.9 Å². The number of thiophene rings is 1. The lowest BCUT2D eigenvalue weighted by molar-refractivity contribution is -0.131. The zero-order valence-corrected chi connectivity index (χ0v) is 21.3. The SMILES string of the molecule is CC(C)CCN1C(=O)C(C2=NS(=O)(=O)c3c(CCS(C)(=O)=O)csc3N2)=C(O)C2CCCC21. The van der Waals surface area contributed by atoms with Gasteiger partial charge in [0.05, 0.1) is 5.75 Å². The summed E-state index contributed by atoms with van der Waals surface area (Å²) in [5.74, 6) is -0.684. The van der Waals surface area contributed by atoms with Gasteiger partial charge in [0.1, 0.15) is 31.1 Å². The fraction of sp³-hybridized carbons (Fsp3) is 0.619. The number of nitrogens with one attached hydrogen (secondary N) is 1. The van der Waals surface area contributed by atoms with E-state index in [1.807, 2.05) is 0 Å². The molecule has 0 aromatic carbocycles. The molecule has 3 heterocycles. The van der Waals surface area contributed by atoms with E-state index in [0.29, 0.717) is 18.0 Å². The third kappa shape index (κ3) is 4.69. The van der Waals surface area contributed by atoms with Crippen LogP contribution in [0.5, 0.6) is 0 Å². The molecule has 1 fully saturated rings. The van der Waals surface area contributed by atoms with Crippen LogP contribution in [0, 0.1) is 11.8 Å². The summed E-state index contributed by atoms with van der Waals surface area (Å²) in [7, 11) is -7.45. The van der Waals surface area contributed by atoms with Gasteiger partial charge in [0.2, 0.25) is 0 Å². The lowest BCUT2D eigenvalue weighted by atomic mass is 9.89. The average molecular weight is 516 g/mol. The molecule has 0 saturated heterocycles. The first-order valence-electron chi connectivity index (χ1n) is 11.0. The maximum absolute atomic E-state index is 13.5. The van der Waals surface area contributed by atoms with Crippen molar-refractivity contribution in [2.45, 2.75) is 56.9 Å². The quantitative estimate of drug-likeness (QED) is 0.570. The summed E-state index contributed by atoms with van der Waals surface area (Å²) >= 11 is 1.11. The number of hydrogen-bond acceptors (Lipinski definition) is 8. The highest BCUT2D eigenvalue weighted by molar-refractivity contribution is 7.91. The third-order valence-electron chi connectivity index (χ3n) is 6.41. The van der Waals surface area contributed by atoms with Crippen LogP contribution in [0.4, 0.5) is 5.00 Å². The smallest absolute Gasteiger partial charge is 0.287 e. The molecular weight excluding hydrogens is 486 g/mol. The van der Waals surface area contributed by atoms with Crippen LogP contribution in [0.1, 0.15) is 45.1 Å². The van der Waals surface area contributed by atoms with Crippen molar-refractivity contribution in [3.63, 3.8) is 0 Å². The van der Waals surface area contributed by atoms with Crippen molar-refractivity contribution in [3.05, 3.63) is 22.3 Å². The van der Waals surface area contributed by atoms with Crippen LogP contribution in [-0.4, -0.2) is 63.2 Å². The Kier molecular flexibility index (Phi) is 6.38. The molecule has 2 atom stereocenters. The normalized spacial score (nSPS) is 24.5. The second-order valence-electron chi connectivity index (χ2n) is 9.39. The highest BCUT2D eigenvalue weighted by atomic mass is 32.2. The molecule has 1 saturated carbocycles. The molecule has 9 nitrogen and oxygen atoms in total. The predicted octanol–water partition coefficient (Wildman–Crippen LogP) is 2.72. The Morgan fingerprint density at radius 1 is 1.33 bits per heavy atom. The minimum Gasteiger partial charge on any atom is -0.511 e. The van der Waals surface area contributed by atoms with E-state index in [2.05, 4.69) is 23.6 Å². The summed E-state index contributed by atoms with van der Waals surface area (Å²) in [6.07, 6.45) is 4.37. The zero-order chi connectivity index (χ0) is 24.1. The Bertz CT molecular complexity index is 1240. The maximum atomic E-state index is 13.5. The topological polar surface area (TPSA) is 133 Å². The highest BCUT2D eigenvalue weighted by Gasteiger charge is 2.46. The second-order valence-corrected chi connectivity index (χ2v) is 14.1. The molecule has 1 aliphatic carbocycles. The molecule has 1 aromatic rings. The number of aliphatic hydroxyl groups excluding tert-OH is 1. The number of aliphatic hydroxyl groups is 1. The molecule has 182 valence electrons. The first-order chi connectivity index (χ1) is 15.4. The van der Waals surface area contributed by atoms with E-state index in [1.54, 1.807) is 10.3 Å². The molecule has 3 aliphatic rings. The summed E-state index contributed by atoms with van der Waals surface area (Å²) in [5, 5.41) is 15.8. The molecule has 12 heteroatoms. The lowest BCUT2D eigenvalue weighted by Crippen LogP contribution is -2.50. The molecule has 2 aliphatic heterocycles. The van der Waals surface area contributed by atoms with Crippen molar-refractivity contribution < 1.29 is 26.7 Å². The van der Waals surface area contributed by atoms with E-state index in [9.17, 15) is 26.7 Å². The average Bonchev–Trinajstić information content (AvgIpc) is 3.33. The van der Waals surface area contributed by atoms with Gasteiger partial charge in [-0.25, -0.2) is 8.42 Å². The lowest BCUT2D eigenvalue weighted by Gasteiger charge is -2.39. The van der Waals surface area contributed by atoms with Crippen LogP contribution in [0.25, 0.3) is 0 Å². The van der Waals surface area contributed by atoms with Gasteiger partial charge in [0.15, 0.2) is 5.84 Å². The molecule has 1 aromatic heterocycles. The number of hydrogen-bond donors (Lipinski definition) is 2. The van der Waals surface area contributed by atoms with Crippen LogP contribution in [-0.2, 0) is 31.1 Å². The van der Waals surface area contributed by atoms with E-state index in [1.165, 1.54) is 0 Å². The van der Waals surface area contributed by atoms with Gasteiger partial charge in [-0.2, -0.15) is 8.42 Å². The number of carbonyl (C=O) groups excluding carboxylic acids is 1. The van der Waals surface area contributed by atoms with Gasteiger partial charge in [-0.3, -0.25) is 4.79 Å². The van der Waals surface area contributed by atoms with Crippen LogP contribution >= 0.6 is 11.3 Å². The van der Waals surface area contributed by atoms with Crippen molar-refractivity contribution in [1.29, 1.82) is 0 Å². The number of amides is 1. The van der Waals surface area contributed by atoms with Crippen molar-refractivity contribution in [2.75, 3.05) is 23.9 Å². The van der Waals surface area contributed by atoms with Crippen molar-refractivity contribution in [2.24, 2.45) is 16.2 Å². The summed E-state index contributed by atoms with van der Waals surface area (Å²) in [6.45, 7) is 4.69. The number of sulfonamides is 1. The van der Waals surface area contributed by atoms with Gasteiger partial charge in [-0.15, -0.1) is 15.7 Å². The fourth-order valence-corrected chi connectivity index (χ4v) is 7.99. The van der Waals surface area contributed by atoms with Crippen LogP contribution < -0.4 is 5.32 Å². The van der Waals surface area contributed by atoms with Crippen molar-refractivity contribution in [3.8, 4) is 0 Å². The molecule has 2 unspecified atom stereocenters. The minimum atomic E-state index is -4.18. The summed E-state index contributed by atoms with van der Waals surface area (Å²) in [6, 6.07) is -0.0827. The number of amidine groups is 1. The van der Waals surface area contributed by atoms with Gasteiger partial charge < -0.3 is 15.3 Å². The molecule has 33 heavy (non-hydrogen) atoms. The van der Waals surface area contributed by atoms with E-state index < -0.39 is 25.8 Å². The number of aryl methyl sites for hydroxylation is 1. The van der Waals surface area contributed by atoms with Crippen molar-refractivity contribution in [1.82, 2.24) is 4.90 Å². The molecule has 0 radical (unpaired) electrons. The first-order valence-corrected chi connectivity index (χ1v) is 15.4. The van der Waals surface area contributed by atoms with Gasteiger partial charge in [-0.1, -0.05) is 20.3 Å². The Balaban J connectivity index is 1.70. The molecule has 1 amide bonds. The Hall–Kier alpha value is -1.92. The van der Waals surface area contributed by atoms with Crippen LogP contribution in [0.3, 0.4) is 0 Å². The molecule has 2 N–H and O–H groups in total. The van der Waals surface area contributed by atoms with E-state index in [4.69, 9.17) is 0 Å². The van der Waals surface area contributed by atoms with Gasteiger partial charge in [0, 0.05) is 24.8 Å². The number of carbonyl (C=O) groups is 1. The number of fused-ring (bicyclic) bond motifs is 2. The first kappa shape index (κ1) is 24.2. The summed E-state index contributed by atoms with van der Waals surface area (Å²) < 4.78 is 53.1. The van der Waals surface area contributed by atoms with Gasteiger partial charge in [-0.05, 0) is 42.5 Å². The third-order valence-corrected chi connectivity index (χ3v) is 9.83. The van der Waals surface area contributed by atoms with E-state index in [-0.39, 0.29) is 51.2 Å². The number of anilines is 1. The molecule has 0 spiro atoms. The standard InChI is InChI=1S/C21H29N3O6S3/c1-12(2)7-9-24-15-6-4-5-14(15)17(25)16(21(24)26)19-22-20-18(33(29,30)23-19)13(11-31-20)8-10-32(3,27)28/h11-12,14-15,25H,4-10H2,1-3H3,(H,22,23). The minimum absolute atomic E-state index is 0.0516. The summed E-state index contributed by atoms with van der Waals surface area (Å²) in [4.78, 5) is 15.2. The van der Waals surface area contributed by atoms with Gasteiger partial charge >= 0.3 is 0 Å². The maximum Gasteiger partial charge on any atom is 0.287 e. The molecule has 0 bridgehead atoms. The number of nitrogens with zero attached hydrogens (tertiary/aromatic N) is 2. The Labute approximate surface area is 198 Å². The van der Waals surface area contributed by atoms with E-state index in [0.717, 1.165) is 43.3 Å². The molecule has 4 rings (SSSR count). The Morgan fingerprint density at radius 2 is 2.06 bits per heavy atom. The number of sulfone groups is 1. The second kappa shape index (κ2) is 8.70. The van der Waals surface area contributed by atoms with Crippen molar-refractivity contribution >= 4 is 47.9 Å². The number of rotatable bonds is 7. The fourth-order valence-electron chi connectivity index (χ4n) is 4.73. The molecular formula is C21H29N3O6S3. The van der Waals surface area contributed by atoms with E-state index >= 15 is 0 Å². The monoisotopic (exact) mass is 515 g/mol. The summed E-state index contributed by atoms with van der Waals surface area (Å²) in [5.41, 5.74) is 0.292. The predicted molar refractivity (Wildman–Crippen MR) is 128 cm³/mol. The van der Waals surface area contributed by atoms with Crippen LogP contribution in [0.2, 0.25) is 0 Å². The van der Waals surface area contributed by atoms with Crippen LogP contribution in [0.15, 0.2) is 26.0 Å². The highest BCUT2D eigenvalue weighted by Crippen LogP contribution is 2.43.